The summed E-state index contributed by atoms with van der Waals surface area (Å²) in [4.78, 5) is 18.5. The van der Waals surface area contributed by atoms with Gasteiger partial charge in [0.15, 0.2) is 0 Å². The van der Waals surface area contributed by atoms with Crippen LogP contribution in [0.1, 0.15) is 44.0 Å². The number of carbonyl (C=O) groups excluding carboxylic acids is 1. The molecule has 25 heavy (non-hydrogen) atoms. The second kappa shape index (κ2) is 6.49. The van der Waals surface area contributed by atoms with E-state index in [4.69, 9.17) is 4.74 Å². The monoisotopic (exact) mass is 340 g/mol. The van der Waals surface area contributed by atoms with Crippen LogP contribution in [0.4, 0.5) is 0 Å². The number of ether oxygens (including phenoxy) is 1. The van der Waals surface area contributed by atoms with Gasteiger partial charge in [0.2, 0.25) is 0 Å². The first-order valence-electron chi connectivity index (χ1n) is 9.55. The highest BCUT2D eigenvalue weighted by Gasteiger charge is 2.42. The predicted octanol–water partition coefficient (Wildman–Crippen LogP) is 3.92. The third-order valence-electron chi connectivity index (χ3n) is 6.58. The van der Waals surface area contributed by atoms with Crippen LogP contribution < -0.4 is 0 Å². The summed E-state index contributed by atoms with van der Waals surface area (Å²) in [5, 5.41) is 1.37. The van der Waals surface area contributed by atoms with Crippen LogP contribution in [0.5, 0.6) is 0 Å². The van der Waals surface area contributed by atoms with Gasteiger partial charge in [0.1, 0.15) is 0 Å². The first-order chi connectivity index (χ1) is 12.1. The second-order valence-electron chi connectivity index (χ2n) is 7.70. The summed E-state index contributed by atoms with van der Waals surface area (Å²) in [5.74, 6) is 0.851. The van der Waals surface area contributed by atoms with Gasteiger partial charge in [-0.3, -0.25) is 9.69 Å². The molecule has 4 heteroatoms. The zero-order chi connectivity index (χ0) is 17.6. The number of benzene rings is 1. The number of aromatic nitrogens is 1. The summed E-state index contributed by atoms with van der Waals surface area (Å²) in [6.45, 7) is 6.50. The number of nitrogens with one attached hydrogen (secondary N) is 1. The summed E-state index contributed by atoms with van der Waals surface area (Å²) < 4.78 is 5.05. The zero-order valence-corrected chi connectivity index (χ0v) is 15.4. The minimum absolute atomic E-state index is 0.0353. The van der Waals surface area contributed by atoms with Crippen molar-refractivity contribution in [1.29, 1.82) is 0 Å². The molecule has 2 aliphatic heterocycles. The van der Waals surface area contributed by atoms with Gasteiger partial charge in [0.05, 0.1) is 19.1 Å². The van der Waals surface area contributed by atoms with Crippen molar-refractivity contribution in [3.63, 3.8) is 0 Å². The molecule has 0 amide bonds. The van der Waals surface area contributed by atoms with Gasteiger partial charge < -0.3 is 9.72 Å². The van der Waals surface area contributed by atoms with Crippen LogP contribution in [0.2, 0.25) is 0 Å². The molecule has 134 valence electrons. The molecule has 0 radical (unpaired) electrons. The number of para-hydroxylation sites is 1. The Labute approximate surface area is 149 Å². The molecule has 0 aliphatic carbocycles. The fourth-order valence-electron chi connectivity index (χ4n) is 5.15. The van der Waals surface area contributed by atoms with Crippen LogP contribution in [0.3, 0.4) is 0 Å². The standard InChI is InChI=1S/C21H28N2O2/c1-4-14-12-23-10-9-16-15-7-5-6-8-18(15)22-20(16)19(23)11-17(14)13(2)21(24)25-3/h5-8,13-14,17,19,22H,4,9-12H2,1-3H3. The Morgan fingerprint density at radius 3 is 2.96 bits per heavy atom. The summed E-state index contributed by atoms with van der Waals surface area (Å²) in [5.41, 5.74) is 4.10. The molecule has 0 saturated carbocycles. The number of hydrogen-bond acceptors (Lipinski definition) is 3. The van der Waals surface area contributed by atoms with Crippen molar-refractivity contribution in [2.75, 3.05) is 20.2 Å². The average molecular weight is 340 g/mol. The van der Waals surface area contributed by atoms with Gasteiger partial charge in [-0.1, -0.05) is 38.5 Å². The minimum Gasteiger partial charge on any atom is -0.469 e. The molecule has 2 aliphatic rings. The van der Waals surface area contributed by atoms with Crippen molar-refractivity contribution in [1.82, 2.24) is 9.88 Å². The first-order valence-corrected chi connectivity index (χ1v) is 9.55. The maximum atomic E-state index is 12.2. The van der Waals surface area contributed by atoms with Crippen molar-refractivity contribution in [2.45, 2.75) is 39.2 Å². The lowest BCUT2D eigenvalue weighted by molar-refractivity contribution is -0.149. The van der Waals surface area contributed by atoms with E-state index in [0.717, 1.165) is 32.4 Å². The van der Waals surface area contributed by atoms with Crippen LogP contribution >= 0.6 is 0 Å². The Bertz CT molecular complexity index is 781. The topological polar surface area (TPSA) is 45.3 Å². The lowest BCUT2D eigenvalue weighted by atomic mass is 9.72. The molecule has 0 spiro atoms. The molecular formula is C21H28N2O2. The molecule has 1 fully saturated rings. The Morgan fingerprint density at radius 1 is 1.40 bits per heavy atom. The van der Waals surface area contributed by atoms with E-state index < -0.39 is 0 Å². The largest absolute Gasteiger partial charge is 0.469 e. The van der Waals surface area contributed by atoms with Crippen molar-refractivity contribution in [2.24, 2.45) is 17.8 Å². The Morgan fingerprint density at radius 2 is 2.20 bits per heavy atom. The number of esters is 1. The van der Waals surface area contributed by atoms with Gasteiger partial charge in [-0.2, -0.15) is 0 Å². The van der Waals surface area contributed by atoms with E-state index in [0.29, 0.717) is 17.9 Å². The van der Waals surface area contributed by atoms with Crippen LogP contribution in [0.15, 0.2) is 24.3 Å². The molecule has 4 nitrogen and oxygen atoms in total. The van der Waals surface area contributed by atoms with Gasteiger partial charge in [0, 0.05) is 29.7 Å². The predicted molar refractivity (Wildman–Crippen MR) is 99.4 cm³/mol. The Hall–Kier alpha value is -1.81. The lowest BCUT2D eigenvalue weighted by Crippen LogP contribution is -2.48. The number of fused-ring (bicyclic) bond motifs is 5. The van der Waals surface area contributed by atoms with Crippen LogP contribution in [-0.4, -0.2) is 36.1 Å². The van der Waals surface area contributed by atoms with E-state index in [-0.39, 0.29) is 11.9 Å². The van der Waals surface area contributed by atoms with Gasteiger partial charge in [0.25, 0.3) is 0 Å². The number of aromatic amines is 1. The highest BCUT2D eigenvalue weighted by molar-refractivity contribution is 5.85. The fourth-order valence-corrected chi connectivity index (χ4v) is 5.15. The van der Waals surface area contributed by atoms with Crippen molar-refractivity contribution in [3.05, 3.63) is 35.5 Å². The summed E-state index contributed by atoms with van der Waals surface area (Å²) in [7, 11) is 1.51. The first kappa shape index (κ1) is 16.6. The molecule has 4 atom stereocenters. The molecule has 4 rings (SSSR count). The zero-order valence-electron chi connectivity index (χ0n) is 15.4. The summed E-state index contributed by atoms with van der Waals surface area (Å²) in [6.07, 6.45) is 3.27. The Balaban J connectivity index is 1.70. The number of rotatable bonds is 3. The SMILES string of the molecule is CCC1CN2CCc3c([nH]c4ccccc34)C2CC1C(C)C(=O)OC. The van der Waals surface area contributed by atoms with Crippen LogP contribution in [-0.2, 0) is 16.0 Å². The van der Waals surface area contributed by atoms with Crippen LogP contribution in [0.25, 0.3) is 10.9 Å². The van der Waals surface area contributed by atoms with Gasteiger partial charge in [-0.05, 0) is 36.3 Å². The van der Waals surface area contributed by atoms with E-state index in [1.54, 1.807) is 0 Å². The quantitative estimate of drug-likeness (QED) is 0.861. The van der Waals surface area contributed by atoms with E-state index in [1.807, 2.05) is 6.92 Å². The number of nitrogens with zero attached hydrogens (tertiary/aromatic N) is 1. The second-order valence-corrected chi connectivity index (χ2v) is 7.70. The number of H-pyrrole nitrogens is 1. The molecule has 2 aromatic rings. The van der Waals surface area contributed by atoms with Crippen LogP contribution in [0, 0.1) is 17.8 Å². The van der Waals surface area contributed by atoms with Gasteiger partial charge in [-0.25, -0.2) is 0 Å². The van der Waals surface area contributed by atoms with Crippen molar-refractivity contribution >= 4 is 16.9 Å². The lowest BCUT2D eigenvalue weighted by Gasteiger charge is -2.47. The molecule has 1 aromatic heterocycles. The van der Waals surface area contributed by atoms with Crippen molar-refractivity contribution < 1.29 is 9.53 Å². The smallest absolute Gasteiger partial charge is 0.308 e. The number of methoxy groups -OCH3 is 1. The van der Waals surface area contributed by atoms with E-state index >= 15 is 0 Å². The normalized spacial score (nSPS) is 27.6. The summed E-state index contributed by atoms with van der Waals surface area (Å²) >= 11 is 0. The fraction of sp³-hybridized carbons (Fsp3) is 0.571. The van der Waals surface area contributed by atoms with Crippen molar-refractivity contribution in [3.8, 4) is 0 Å². The highest BCUT2D eigenvalue weighted by atomic mass is 16.5. The molecule has 3 heterocycles. The number of hydrogen-bond donors (Lipinski definition) is 1. The molecule has 4 unspecified atom stereocenters. The maximum Gasteiger partial charge on any atom is 0.308 e. The maximum absolute atomic E-state index is 12.2. The highest BCUT2D eigenvalue weighted by Crippen LogP contribution is 2.45. The molecule has 1 aromatic carbocycles. The molecular weight excluding hydrogens is 312 g/mol. The van der Waals surface area contributed by atoms with Gasteiger partial charge in [-0.15, -0.1) is 0 Å². The number of piperidine rings is 1. The minimum atomic E-state index is -0.0652. The molecule has 0 bridgehead atoms. The molecule has 1 N–H and O–H groups in total. The van der Waals surface area contributed by atoms with E-state index in [1.165, 1.54) is 29.3 Å². The average Bonchev–Trinajstić information content (AvgIpc) is 3.04. The third kappa shape index (κ3) is 2.67. The number of carbonyl (C=O) groups is 1. The summed E-state index contributed by atoms with van der Waals surface area (Å²) in [6, 6.07) is 9.02. The van der Waals surface area contributed by atoms with E-state index in [9.17, 15) is 4.79 Å². The third-order valence-corrected chi connectivity index (χ3v) is 6.58. The molecule has 1 saturated heterocycles. The Kier molecular flexibility index (Phi) is 4.32. The van der Waals surface area contributed by atoms with Gasteiger partial charge >= 0.3 is 5.97 Å². The van der Waals surface area contributed by atoms with E-state index in [2.05, 4.69) is 41.1 Å².